The average molecular weight is 343 g/mol. The molecule has 1 amide bonds. The van der Waals surface area contributed by atoms with Crippen LogP contribution < -0.4 is 5.32 Å². The number of carbonyl (C=O) groups is 1. The topological polar surface area (TPSA) is 75.6 Å². The maximum atomic E-state index is 12.0. The molecule has 0 unspecified atom stereocenters. The Balaban J connectivity index is 1.67. The Bertz CT molecular complexity index is 1150. The summed E-state index contributed by atoms with van der Waals surface area (Å²) in [6, 6.07) is 6.08. The quantitative estimate of drug-likeness (QED) is 0.587. The molecule has 6 nitrogen and oxygen atoms in total. The monoisotopic (exact) mass is 343 g/mol. The third-order valence-corrected chi connectivity index (χ3v) is 4.96. The Morgan fingerprint density at radius 3 is 2.92 bits per heavy atom. The van der Waals surface area contributed by atoms with E-state index in [1.165, 1.54) is 0 Å². The number of H-pyrrole nitrogens is 1. The Labute approximate surface area is 149 Å². The van der Waals surface area contributed by atoms with Crippen LogP contribution in [0.4, 0.5) is 0 Å². The number of nitrogens with one attached hydrogen (secondary N) is 2. The molecule has 5 heterocycles. The minimum absolute atomic E-state index is 0.0212. The molecule has 26 heavy (non-hydrogen) atoms. The van der Waals surface area contributed by atoms with Crippen molar-refractivity contribution in [1.29, 1.82) is 0 Å². The summed E-state index contributed by atoms with van der Waals surface area (Å²) in [6.45, 7) is 3.53. The Morgan fingerprint density at radius 1 is 1.15 bits per heavy atom. The highest BCUT2D eigenvalue weighted by Gasteiger charge is 2.19. The Morgan fingerprint density at radius 2 is 2.08 bits per heavy atom. The molecule has 0 aromatic carbocycles. The van der Waals surface area contributed by atoms with Crippen LogP contribution >= 0.6 is 0 Å². The first kappa shape index (κ1) is 14.9. The number of pyridine rings is 2. The van der Waals surface area contributed by atoms with Gasteiger partial charge >= 0.3 is 0 Å². The SMILES string of the molecule is Cc1ccncc1-c1cnc2[nH]cc(-c3cc4n(c3)CCNC4=O)c2c1. The van der Waals surface area contributed by atoms with Crippen LogP contribution in [0, 0.1) is 6.92 Å². The molecule has 128 valence electrons. The highest BCUT2D eigenvalue weighted by atomic mass is 16.2. The normalized spacial score (nSPS) is 13.7. The summed E-state index contributed by atoms with van der Waals surface area (Å²) in [5, 5.41) is 3.92. The summed E-state index contributed by atoms with van der Waals surface area (Å²) in [5.41, 5.74) is 6.87. The molecule has 4 aromatic rings. The van der Waals surface area contributed by atoms with Crippen LogP contribution in [0.2, 0.25) is 0 Å². The van der Waals surface area contributed by atoms with Crippen molar-refractivity contribution in [3.63, 3.8) is 0 Å². The van der Waals surface area contributed by atoms with Gasteiger partial charge < -0.3 is 14.9 Å². The van der Waals surface area contributed by atoms with Gasteiger partial charge in [-0.1, -0.05) is 0 Å². The molecule has 0 aliphatic carbocycles. The van der Waals surface area contributed by atoms with Crippen molar-refractivity contribution in [2.24, 2.45) is 0 Å². The minimum Gasteiger partial charge on any atom is -0.349 e. The molecule has 4 aromatic heterocycles. The highest BCUT2D eigenvalue weighted by molar-refractivity contribution is 5.99. The van der Waals surface area contributed by atoms with E-state index in [-0.39, 0.29) is 5.91 Å². The number of aryl methyl sites for hydroxylation is 1. The number of rotatable bonds is 2. The number of aromatic nitrogens is 4. The van der Waals surface area contributed by atoms with E-state index < -0.39 is 0 Å². The number of hydrogen-bond donors (Lipinski definition) is 2. The van der Waals surface area contributed by atoms with Crippen LogP contribution in [0.25, 0.3) is 33.3 Å². The molecule has 0 radical (unpaired) electrons. The van der Waals surface area contributed by atoms with Gasteiger partial charge in [0.05, 0.1) is 0 Å². The van der Waals surface area contributed by atoms with Crippen molar-refractivity contribution in [2.45, 2.75) is 13.5 Å². The summed E-state index contributed by atoms with van der Waals surface area (Å²) in [4.78, 5) is 24.1. The van der Waals surface area contributed by atoms with Crippen LogP contribution in [-0.2, 0) is 6.54 Å². The Hall–Kier alpha value is -3.41. The Kier molecular flexibility index (Phi) is 3.18. The van der Waals surface area contributed by atoms with Gasteiger partial charge in [0.1, 0.15) is 11.3 Å². The van der Waals surface area contributed by atoms with Gasteiger partial charge in [-0.05, 0) is 30.7 Å². The second-order valence-corrected chi connectivity index (χ2v) is 6.58. The first-order chi connectivity index (χ1) is 12.7. The van der Waals surface area contributed by atoms with Crippen LogP contribution in [0.3, 0.4) is 0 Å². The summed E-state index contributed by atoms with van der Waals surface area (Å²) in [6.07, 6.45) is 9.52. The van der Waals surface area contributed by atoms with Crippen molar-refractivity contribution < 1.29 is 4.79 Å². The van der Waals surface area contributed by atoms with E-state index in [9.17, 15) is 4.79 Å². The largest absolute Gasteiger partial charge is 0.349 e. The van der Waals surface area contributed by atoms with Crippen LogP contribution in [-0.4, -0.2) is 32.0 Å². The third kappa shape index (κ3) is 2.23. The van der Waals surface area contributed by atoms with Gasteiger partial charge in [-0.25, -0.2) is 4.98 Å². The molecular formula is C20H17N5O. The predicted octanol–water partition coefficient (Wildman–Crippen LogP) is 3.15. The number of carbonyl (C=O) groups excluding carboxylic acids is 1. The standard InChI is InChI=1S/C20H17N5O/c1-12-2-3-21-9-16(12)13-6-15-17(10-24-19(15)23-8-13)14-7-18-20(26)22-4-5-25(18)11-14/h2-3,6-11H,4-5H2,1H3,(H,22,26)(H,23,24). The number of hydrogen-bond acceptors (Lipinski definition) is 3. The van der Waals surface area contributed by atoms with Gasteiger partial charge in [-0.15, -0.1) is 0 Å². The first-order valence-corrected chi connectivity index (χ1v) is 8.57. The van der Waals surface area contributed by atoms with Gasteiger partial charge in [0.25, 0.3) is 5.91 Å². The second-order valence-electron chi connectivity index (χ2n) is 6.58. The fourth-order valence-corrected chi connectivity index (χ4v) is 3.57. The lowest BCUT2D eigenvalue weighted by molar-refractivity contribution is 0.0928. The van der Waals surface area contributed by atoms with E-state index in [2.05, 4.69) is 33.3 Å². The molecule has 2 N–H and O–H groups in total. The fourth-order valence-electron chi connectivity index (χ4n) is 3.57. The van der Waals surface area contributed by atoms with Gasteiger partial charge in [0.2, 0.25) is 0 Å². The number of amides is 1. The van der Waals surface area contributed by atoms with Crippen LogP contribution in [0.15, 0.2) is 49.2 Å². The molecule has 1 aliphatic heterocycles. The van der Waals surface area contributed by atoms with Crippen LogP contribution in [0.5, 0.6) is 0 Å². The molecule has 0 atom stereocenters. The molecular weight excluding hydrogens is 326 g/mol. The zero-order chi connectivity index (χ0) is 17.7. The van der Waals surface area contributed by atoms with Gasteiger partial charge in [-0.3, -0.25) is 9.78 Å². The summed E-state index contributed by atoms with van der Waals surface area (Å²) in [7, 11) is 0. The lowest BCUT2D eigenvalue weighted by Gasteiger charge is -2.14. The molecule has 6 heteroatoms. The zero-order valence-corrected chi connectivity index (χ0v) is 14.3. The van der Waals surface area contributed by atoms with E-state index in [4.69, 9.17) is 0 Å². The number of fused-ring (bicyclic) bond motifs is 2. The fraction of sp³-hybridized carbons (Fsp3) is 0.150. The molecule has 0 fully saturated rings. The molecule has 1 aliphatic rings. The summed E-state index contributed by atoms with van der Waals surface area (Å²) in [5.74, 6) is -0.0212. The zero-order valence-electron chi connectivity index (χ0n) is 14.3. The van der Waals surface area contributed by atoms with Crippen molar-refractivity contribution in [3.05, 3.63) is 60.4 Å². The summed E-state index contributed by atoms with van der Waals surface area (Å²) >= 11 is 0. The predicted molar refractivity (Wildman–Crippen MR) is 99.8 cm³/mol. The maximum absolute atomic E-state index is 12.0. The van der Waals surface area contributed by atoms with Gasteiger partial charge in [0.15, 0.2) is 0 Å². The van der Waals surface area contributed by atoms with Gasteiger partial charge in [0, 0.05) is 71.7 Å². The van der Waals surface area contributed by atoms with Crippen molar-refractivity contribution in [2.75, 3.05) is 6.54 Å². The van der Waals surface area contributed by atoms with E-state index in [0.29, 0.717) is 12.2 Å². The van der Waals surface area contributed by atoms with Crippen molar-refractivity contribution >= 4 is 16.9 Å². The van der Waals surface area contributed by atoms with Crippen molar-refractivity contribution in [3.8, 4) is 22.3 Å². The highest BCUT2D eigenvalue weighted by Crippen LogP contribution is 2.33. The smallest absolute Gasteiger partial charge is 0.267 e. The lowest BCUT2D eigenvalue weighted by Crippen LogP contribution is -2.34. The lowest BCUT2D eigenvalue weighted by atomic mass is 10.0. The molecule has 0 spiro atoms. The average Bonchev–Trinajstić information content (AvgIpc) is 3.26. The molecule has 0 saturated carbocycles. The maximum Gasteiger partial charge on any atom is 0.267 e. The summed E-state index contributed by atoms with van der Waals surface area (Å²) < 4.78 is 2.01. The van der Waals surface area contributed by atoms with E-state index in [1.54, 1.807) is 6.20 Å². The first-order valence-electron chi connectivity index (χ1n) is 8.57. The van der Waals surface area contributed by atoms with Crippen LogP contribution in [0.1, 0.15) is 16.1 Å². The number of aromatic amines is 1. The molecule has 0 bridgehead atoms. The van der Waals surface area contributed by atoms with E-state index >= 15 is 0 Å². The number of nitrogens with zero attached hydrogens (tertiary/aromatic N) is 3. The second kappa shape index (κ2) is 5.56. The minimum atomic E-state index is -0.0212. The molecule has 0 saturated heterocycles. The van der Waals surface area contributed by atoms with Gasteiger partial charge in [-0.2, -0.15) is 0 Å². The molecule has 5 rings (SSSR count). The van der Waals surface area contributed by atoms with E-state index in [1.807, 2.05) is 41.5 Å². The van der Waals surface area contributed by atoms with Crippen molar-refractivity contribution in [1.82, 2.24) is 24.8 Å². The van der Waals surface area contributed by atoms with E-state index in [0.717, 1.165) is 45.4 Å². The third-order valence-electron chi connectivity index (χ3n) is 4.96.